The molecule has 0 bridgehead atoms. The maximum Gasteiger partial charge on any atom is 0.166 e. The minimum Gasteiger partial charge on any atom is -0.368 e. The first-order valence-corrected chi connectivity index (χ1v) is 8.15. The third-order valence-corrected chi connectivity index (χ3v) is 4.51. The van der Waals surface area contributed by atoms with Crippen molar-refractivity contribution < 1.29 is 13.5 Å². The normalized spacial score (nSPS) is 27.5. The van der Waals surface area contributed by atoms with E-state index in [-0.39, 0.29) is 6.10 Å². The second-order valence-electron chi connectivity index (χ2n) is 6.23. The second-order valence-corrected chi connectivity index (χ2v) is 6.23. The predicted molar refractivity (Wildman–Crippen MR) is 84.3 cm³/mol. The van der Waals surface area contributed by atoms with Gasteiger partial charge in [0.15, 0.2) is 11.6 Å². The highest BCUT2D eigenvalue weighted by molar-refractivity contribution is 5.52. The first-order chi connectivity index (χ1) is 10.7. The van der Waals surface area contributed by atoms with E-state index < -0.39 is 11.6 Å². The van der Waals surface area contributed by atoms with Crippen molar-refractivity contribution in [2.24, 2.45) is 11.8 Å². The molecule has 118 valence electrons. The molecule has 1 saturated heterocycles. The van der Waals surface area contributed by atoms with Crippen LogP contribution in [0.5, 0.6) is 0 Å². The summed E-state index contributed by atoms with van der Waals surface area (Å²) < 4.78 is 33.0. The van der Waals surface area contributed by atoms with Crippen molar-refractivity contribution in [1.82, 2.24) is 0 Å². The van der Waals surface area contributed by atoms with E-state index in [1.54, 1.807) is 18.2 Å². The Balaban J connectivity index is 1.68. The Labute approximate surface area is 130 Å². The van der Waals surface area contributed by atoms with Gasteiger partial charge in [-0.1, -0.05) is 49.8 Å². The highest BCUT2D eigenvalue weighted by Gasteiger charge is 2.29. The molecule has 3 rings (SSSR count). The first-order valence-electron chi connectivity index (χ1n) is 8.15. The predicted octanol–water partition coefficient (Wildman–Crippen LogP) is 5.43. The van der Waals surface area contributed by atoms with Crippen molar-refractivity contribution in [3.8, 4) is 0 Å². The van der Waals surface area contributed by atoms with Crippen LogP contribution < -0.4 is 0 Å². The highest BCUT2D eigenvalue weighted by atomic mass is 19.2. The van der Waals surface area contributed by atoms with Gasteiger partial charge in [0.2, 0.25) is 0 Å². The SMILES string of the molecule is CCCC1C=CC(/C=C/c2ccc(C3CO3)c(F)c2F)CC1. The van der Waals surface area contributed by atoms with Crippen LogP contribution in [-0.4, -0.2) is 6.61 Å². The third-order valence-electron chi connectivity index (χ3n) is 4.51. The molecule has 0 aromatic heterocycles. The molecule has 2 aliphatic rings. The second kappa shape index (κ2) is 6.74. The van der Waals surface area contributed by atoms with E-state index in [1.165, 1.54) is 19.3 Å². The molecule has 0 radical (unpaired) electrons. The number of ether oxygens (including phenoxy) is 1. The minimum absolute atomic E-state index is 0.260. The van der Waals surface area contributed by atoms with Crippen LogP contribution in [-0.2, 0) is 4.74 Å². The van der Waals surface area contributed by atoms with Gasteiger partial charge in [0.1, 0.15) is 6.10 Å². The van der Waals surface area contributed by atoms with Crippen LogP contribution in [0.2, 0.25) is 0 Å². The lowest BCUT2D eigenvalue weighted by molar-refractivity contribution is 0.401. The van der Waals surface area contributed by atoms with E-state index in [9.17, 15) is 8.78 Å². The number of hydrogen-bond acceptors (Lipinski definition) is 1. The van der Waals surface area contributed by atoms with Crippen molar-refractivity contribution in [1.29, 1.82) is 0 Å². The van der Waals surface area contributed by atoms with Gasteiger partial charge in [0, 0.05) is 11.1 Å². The zero-order valence-corrected chi connectivity index (χ0v) is 12.9. The zero-order valence-electron chi connectivity index (χ0n) is 12.9. The van der Waals surface area contributed by atoms with Crippen LogP contribution in [0.4, 0.5) is 8.78 Å². The van der Waals surface area contributed by atoms with Gasteiger partial charge in [-0.25, -0.2) is 8.78 Å². The van der Waals surface area contributed by atoms with Gasteiger partial charge in [-0.3, -0.25) is 0 Å². The van der Waals surface area contributed by atoms with Gasteiger partial charge in [-0.05, 0) is 31.1 Å². The molecular formula is C19H22F2O. The highest BCUT2D eigenvalue weighted by Crippen LogP contribution is 2.34. The topological polar surface area (TPSA) is 12.5 Å². The fraction of sp³-hybridized carbons (Fsp3) is 0.474. The van der Waals surface area contributed by atoms with Crippen LogP contribution >= 0.6 is 0 Å². The van der Waals surface area contributed by atoms with E-state index in [2.05, 4.69) is 19.1 Å². The summed E-state index contributed by atoms with van der Waals surface area (Å²) in [6.07, 6.45) is 12.6. The fourth-order valence-electron chi connectivity index (χ4n) is 3.08. The molecule has 0 N–H and O–H groups in total. The Morgan fingerprint density at radius 1 is 1.18 bits per heavy atom. The average Bonchev–Trinajstić information content (AvgIpc) is 3.35. The van der Waals surface area contributed by atoms with Crippen molar-refractivity contribution in [2.45, 2.75) is 38.7 Å². The van der Waals surface area contributed by atoms with Crippen LogP contribution in [0.3, 0.4) is 0 Å². The molecule has 3 atom stereocenters. The number of benzene rings is 1. The molecule has 0 amide bonds. The summed E-state index contributed by atoms with van der Waals surface area (Å²) in [7, 11) is 0. The molecule has 0 spiro atoms. The lowest BCUT2D eigenvalue weighted by Crippen LogP contribution is -2.06. The maximum absolute atomic E-state index is 14.1. The molecule has 0 saturated carbocycles. The molecule has 1 aromatic rings. The van der Waals surface area contributed by atoms with E-state index in [0.29, 0.717) is 29.6 Å². The number of halogens is 2. The van der Waals surface area contributed by atoms with Gasteiger partial charge < -0.3 is 4.74 Å². The molecule has 1 fully saturated rings. The number of epoxide rings is 1. The lowest BCUT2D eigenvalue weighted by atomic mass is 9.86. The summed E-state index contributed by atoms with van der Waals surface area (Å²) >= 11 is 0. The standard InChI is InChI=1S/C19H22F2O/c1-2-3-13-4-6-14(7-5-13)8-9-15-10-11-16(17-12-22-17)19(21)18(15)20/h4,6,8-11,13-14,17H,2-3,5,7,12H2,1H3/b9-8+. The Hall–Kier alpha value is -1.48. The summed E-state index contributed by atoms with van der Waals surface area (Å²) in [6.45, 7) is 2.69. The van der Waals surface area contributed by atoms with Gasteiger partial charge >= 0.3 is 0 Å². The smallest absolute Gasteiger partial charge is 0.166 e. The van der Waals surface area contributed by atoms with Crippen LogP contribution in [0, 0.1) is 23.5 Å². The number of rotatable bonds is 5. The van der Waals surface area contributed by atoms with Gasteiger partial charge in [-0.15, -0.1) is 0 Å². The van der Waals surface area contributed by atoms with Crippen molar-refractivity contribution in [3.05, 3.63) is 53.1 Å². The summed E-state index contributed by atoms with van der Waals surface area (Å²) in [5, 5.41) is 0. The first kappa shape index (κ1) is 15.4. The van der Waals surface area contributed by atoms with Crippen LogP contribution in [0.25, 0.3) is 6.08 Å². The zero-order chi connectivity index (χ0) is 15.5. The fourth-order valence-corrected chi connectivity index (χ4v) is 3.08. The Morgan fingerprint density at radius 2 is 2.00 bits per heavy atom. The molecule has 1 heterocycles. The molecule has 1 aliphatic carbocycles. The average molecular weight is 304 g/mol. The van der Waals surface area contributed by atoms with Gasteiger partial charge in [-0.2, -0.15) is 0 Å². The molecule has 3 heteroatoms. The molecular weight excluding hydrogens is 282 g/mol. The van der Waals surface area contributed by atoms with E-state index in [4.69, 9.17) is 4.74 Å². The van der Waals surface area contributed by atoms with Gasteiger partial charge in [0.05, 0.1) is 6.61 Å². The molecule has 3 unspecified atom stereocenters. The third kappa shape index (κ3) is 3.46. The van der Waals surface area contributed by atoms with E-state index in [1.807, 2.05) is 6.08 Å². The van der Waals surface area contributed by atoms with Crippen molar-refractivity contribution >= 4 is 6.08 Å². The lowest BCUT2D eigenvalue weighted by Gasteiger charge is -2.20. The van der Waals surface area contributed by atoms with Crippen molar-refractivity contribution in [3.63, 3.8) is 0 Å². The molecule has 1 nitrogen and oxygen atoms in total. The molecule has 1 aromatic carbocycles. The number of hydrogen-bond donors (Lipinski definition) is 0. The molecule has 22 heavy (non-hydrogen) atoms. The maximum atomic E-state index is 14.1. The Kier molecular flexibility index (Phi) is 4.72. The van der Waals surface area contributed by atoms with Gasteiger partial charge in [0.25, 0.3) is 0 Å². The quantitative estimate of drug-likeness (QED) is 0.522. The summed E-state index contributed by atoms with van der Waals surface area (Å²) in [5.41, 5.74) is 0.639. The largest absolute Gasteiger partial charge is 0.368 e. The number of allylic oxidation sites excluding steroid dienone is 3. The van der Waals surface area contributed by atoms with Crippen LogP contribution in [0.15, 0.2) is 30.4 Å². The summed E-state index contributed by atoms with van der Waals surface area (Å²) in [5.74, 6) is -0.539. The van der Waals surface area contributed by atoms with Crippen molar-refractivity contribution in [2.75, 3.05) is 6.61 Å². The van der Waals surface area contributed by atoms with E-state index >= 15 is 0 Å². The van der Waals surface area contributed by atoms with E-state index in [0.717, 1.165) is 6.42 Å². The summed E-state index contributed by atoms with van der Waals surface area (Å²) in [6, 6.07) is 3.27. The molecule has 1 aliphatic heterocycles. The van der Waals surface area contributed by atoms with Crippen LogP contribution in [0.1, 0.15) is 49.8 Å². The monoisotopic (exact) mass is 304 g/mol. The minimum atomic E-state index is -0.771. The Bertz CT molecular complexity index is 587. The Morgan fingerprint density at radius 3 is 2.64 bits per heavy atom. The summed E-state index contributed by atoms with van der Waals surface area (Å²) in [4.78, 5) is 0.